The first kappa shape index (κ1) is 13.3. The summed E-state index contributed by atoms with van der Waals surface area (Å²) in [4.78, 5) is 8.24. The highest BCUT2D eigenvalue weighted by Gasteiger charge is 2.01. The summed E-state index contributed by atoms with van der Waals surface area (Å²) in [5.74, 6) is 1.35. The van der Waals surface area contributed by atoms with Crippen LogP contribution in [0.2, 0.25) is 0 Å². The van der Waals surface area contributed by atoms with Crippen molar-refractivity contribution in [2.75, 3.05) is 17.2 Å². The van der Waals surface area contributed by atoms with Crippen molar-refractivity contribution in [3.63, 3.8) is 0 Å². The Balaban J connectivity index is 2.01. The van der Waals surface area contributed by atoms with Gasteiger partial charge in [0.25, 0.3) is 0 Å². The van der Waals surface area contributed by atoms with Crippen LogP contribution in [-0.2, 0) is 6.54 Å². The minimum atomic E-state index is -0.180. The third kappa shape index (κ3) is 3.64. The van der Waals surface area contributed by atoms with Crippen LogP contribution in [0.5, 0.6) is 0 Å². The van der Waals surface area contributed by atoms with Crippen molar-refractivity contribution in [1.82, 2.24) is 9.97 Å². The molecule has 2 aromatic rings. The molecule has 2 rings (SSSR count). The van der Waals surface area contributed by atoms with E-state index in [9.17, 15) is 4.39 Å². The van der Waals surface area contributed by atoms with Gasteiger partial charge in [-0.2, -0.15) is 0 Å². The predicted molar refractivity (Wildman–Crippen MR) is 74.7 cm³/mol. The van der Waals surface area contributed by atoms with Gasteiger partial charge in [0.2, 0.25) is 0 Å². The van der Waals surface area contributed by atoms with E-state index in [-0.39, 0.29) is 5.82 Å². The number of rotatable bonds is 5. The molecule has 1 aromatic carbocycles. The Morgan fingerprint density at radius 2 is 1.84 bits per heavy atom. The lowest BCUT2D eigenvalue weighted by Gasteiger charge is -2.08. The zero-order chi connectivity index (χ0) is 13.7. The smallest absolute Gasteiger partial charge is 0.131 e. The first-order valence-electron chi connectivity index (χ1n) is 6.24. The Morgan fingerprint density at radius 1 is 1.11 bits per heavy atom. The molecule has 19 heavy (non-hydrogen) atoms. The van der Waals surface area contributed by atoms with Crippen molar-refractivity contribution >= 4 is 11.6 Å². The van der Waals surface area contributed by atoms with E-state index in [2.05, 4.69) is 20.6 Å². The lowest BCUT2D eigenvalue weighted by Crippen LogP contribution is -2.05. The molecule has 0 aliphatic rings. The number of aryl methyl sites for hydroxylation is 1. The second-order valence-electron chi connectivity index (χ2n) is 4.26. The summed E-state index contributed by atoms with van der Waals surface area (Å²) < 4.78 is 13.2. The van der Waals surface area contributed by atoms with E-state index in [4.69, 9.17) is 0 Å². The van der Waals surface area contributed by atoms with E-state index in [1.165, 1.54) is 12.4 Å². The summed E-state index contributed by atoms with van der Waals surface area (Å²) in [6, 6.07) is 6.92. The van der Waals surface area contributed by atoms with Crippen LogP contribution in [-0.4, -0.2) is 16.5 Å². The van der Waals surface area contributed by atoms with E-state index in [0.717, 1.165) is 23.7 Å². The van der Waals surface area contributed by atoms with Crippen molar-refractivity contribution in [2.24, 2.45) is 0 Å². The minimum Gasteiger partial charge on any atom is -0.370 e. The molecule has 2 N–H and O–H groups in total. The van der Waals surface area contributed by atoms with Gasteiger partial charge in [0.15, 0.2) is 0 Å². The molecular formula is C14H17FN4. The van der Waals surface area contributed by atoms with Gasteiger partial charge in [-0.05, 0) is 31.0 Å². The highest BCUT2D eigenvalue weighted by Crippen LogP contribution is 2.12. The molecule has 5 heteroatoms. The third-order valence-electron chi connectivity index (χ3n) is 2.72. The zero-order valence-electron chi connectivity index (χ0n) is 11.1. The largest absolute Gasteiger partial charge is 0.370 e. The number of hydrogen-bond acceptors (Lipinski definition) is 4. The maximum Gasteiger partial charge on any atom is 0.131 e. The number of nitrogens with zero attached hydrogens (tertiary/aromatic N) is 2. The molecule has 0 aliphatic carbocycles. The molecule has 0 unspecified atom stereocenters. The molecule has 0 radical (unpaired) electrons. The van der Waals surface area contributed by atoms with Crippen molar-refractivity contribution in [2.45, 2.75) is 20.4 Å². The fourth-order valence-electron chi connectivity index (χ4n) is 1.74. The highest BCUT2D eigenvalue weighted by atomic mass is 19.1. The standard InChI is InChI=1S/C14H17FN4/c1-3-16-13-7-14(19-9-18-13)17-8-11-4-5-12(15)10(2)6-11/h4-7,9H,3,8H2,1-2H3,(H2,16,17,18,19). The van der Waals surface area contributed by atoms with Gasteiger partial charge in [-0.1, -0.05) is 12.1 Å². The number of halogens is 1. The Kier molecular flexibility index (Phi) is 4.28. The molecule has 0 atom stereocenters. The van der Waals surface area contributed by atoms with E-state index in [0.29, 0.717) is 12.1 Å². The molecule has 0 amide bonds. The maximum atomic E-state index is 13.2. The first-order chi connectivity index (χ1) is 9.19. The molecule has 1 heterocycles. The maximum absolute atomic E-state index is 13.2. The Hall–Kier alpha value is -2.17. The number of anilines is 2. The molecule has 4 nitrogen and oxygen atoms in total. The molecular weight excluding hydrogens is 243 g/mol. The van der Waals surface area contributed by atoms with Crippen LogP contribution in [0, 0.1) is 12.7 Å². The number of hydrogen-bond donors (Lipinski definition) is 2. The van der Waals surface area contributed by atoms with Gasteiger partial charge in [0.05, 0.1) is 0 Å². The van der Waals surface area contributed by atoms with Crippen molar-refractivity contribution in [3.8, 4) is 0 Å². The van der Waals surface area contributed by atoms with Gasteiger partial charge in [-0.15, -0.1) is 0 Å². The van der Waals surface area contributed by atoms with E-state index < -0.39 is 0 Å². The van der Waals surface area contributed by atoms with Gasteiger partial charge in [-0.25, -0.2) is 14.4 Å². The van der Waals surface area contributed by atoms with Gasteiger partial charge >= 0.3 is 0 Å². The van der Waals surface area contributed by atoms with Crippen molar-refractivity contribution < 1.29 is 4.39 Å². The average Bonchev–Trinajstić information content (AvgIpc) is 2.41. The van der Waals surface area contributed by atoms with Crippen molar-refractivity contribution in [3.05, 3.63) is 47.5 Å². The molecule has 0 bridgehead atoms. The molecule has 0 fully saturated rings. The topological polar surface area (TPSA) is 49.8 Å². The number of benzene rings is 1. The summed E-state index contributed by atoms with van der Waals surface area (Å²) >= 11 is 0. The second-order valence-corrected chi connectivity index (χ2v) is 4.26. The van der Waals surface area contributed by atoms with E-state index >= 15 is 0 Å². The van der Waals surface area contributed by atoms with E-state index in [1.54, 1.807) is 13.0 Å². The SMILES string of the molecule is CCNc1cc(NCc2ccc(F)c(C)c2)ncn1. The molecule has 0 saturated heterocycles. The van der Waals surface area contributed by atoms with Gasteiger partial charge in [-0.3, -0.25) is 0 Å². The quantitative estimate of drug-likeness (QED) is 0.867. The molecule has 0 aliphatic heterocycles. The summed E-state index contributed by atoms with van der Waals surface area (Å²) in [6.45, 7) is 5.18. The summed E-state index contributed by atoms with van der Waals surface area (Å²) in [5.41, 5.74) is 1.66. The molecule has 0 spiro atoms. The Morgan fingerprint density at radius 3 is 2.53 bits per heavy atom. The van der Waals surface area contributed by atoms with Crippen LogP contribution >= 0.6 is 0 Å². The van der Waals surface area contributed by atoms with Crippen LogP contribution in [0.15, 0.2) is 30.6 Å². The third-order valence-corrected chi connectivity index (χ3v) is 2.72. The first-order valence-corrected chi connectivity index (χ1v) is 6.24. The van der Waals surface area contributed by atoms with Crippen LogP contribution in [0.1, 0.15) is 18.1 Å². The van der Waals surface area contributed by atoms with Gasteiger partial charge in [0, 0.05) is 19.2 Å². The van der Waals surface area contributed by atoms with Gasteiger partial charge < -0.3 is 10.6 Å². The van der Waals surface area contributed by atoms with Crippen LogP contribution < -0.4 is 10.6 Å². The predicted octanol–water partition coefficient (Wildman–Crippen LogP) is 2.97. The second kappa shape index (κ2) is 6.13. The number of nitrogens with one attached hydrogen (secondary N) is 2. The fourth-order valence-corrected chi connectivity index (χ4v) is 1.74. The fraction of sp³-hybridized carbons (Fsp3) is 0.286. The lowest BCUT2D eigenvalue weighted by molar-refractivity contribution is 0.617. The monoisotopic (exact) mass is 260 g/mol. The van der Waals surface area contributed by atoms with Crippen molar-refractivity contribution in [1.29, 1.82) is 0 Å². The van der Waals surface area contributed by atoms with E-state index in [1.807, 2.05) is 19.1 Å². The highest BCUT2D eigenvalue weighted by molar-refractivity contribution is 5.46. The minimum absolute atomic E-state index is 0.180. The Labute approximate surface area is 112 Å². The summed E-state index contributed by atoms with van der Waals surface area (Å²) in [6.07, 6.45) is 1.51. The summed E-state index contributed by atoms with van der Waals surface area (Å²) in [7, 11) is 0. The average molecular weight is 260 g/mol. The van der Waals surface area contributed by atoms with Crippen LogP contribution in [0.25, 0.3) is 0 Å². The normalized spacial score (nSPS) is 10.3. The molecule has 0 saturated carbocycles. The Bertz CT molecular complexity index is 557. The van der Waals surface area contributed by atoms with Crippen LogP contribution in [0.3, 0.4) is 0 Å². The van der Waals surface area contributed by atoms with Gasteiger partial charge in [0.1, 0.15) is 23.8 Å². The zero-order valence-corrected chi connectivity index (χ0v) is 11.1. The van der Waals surface area contributed by atoms with Crippen LogP contribution in [0.4, 0.5) is 16.0 Å². The lowest BCUT2D eigenvalue weighted by atomic mass is 10.1. The molecule has 100 valence electrons. The summed E-state index contributed by atoms with van der Waals surface area (Å²) in [5, 5.41) is 6.31. The molecule has 1 aromatic heterocycles. The number of aromatic nitrogens is 2.